The van der Waals surface area contributed by atoms with E-state index in [2.05, 4.69) is 38.6 Å². The van der Waals surface area contributed by atoms with Gasteiger partial charge in [0.2, 0.25) is 5.91 Å². The Hall–Kier alpha value is -2.87. The minimum Gasteiger partial charge on any atom is -0.496 e. The van der Waals surface area contributed by atoms with Crippen molar-refractivity contribution in [3.63, 3.8) is 0 Å². The molecule has 0 saturated heterocycles. The van der Waals surface area contributed by atoms with Gasteiger partial charge < -0.3 is 25.2 Å². The smallest absolute Gasteiger partial charge is 0.222 e. The van der Waals surface area contributed by atoms with Gasteiger partial charge in [0.15, 0.2) is 0 Å². The number of aromatic nitrogens is 2. The standard InChI is InChI=1S/C22H30N6O2/c1-27-9-4-10-28(2)19(29)8-5-15-11-17(6-7-18(15)30-3)26-22-20-16(13-27)12-23-21(20)24-14-25-22/h6-7,11,14,16H,4-5,8-10,12-13H2,1-3H3,(H2,23,24,25,26). The Labute approximate surface area is 177 Å². The number of anilines is 3. The van der Waals surface area contributed by atoms with Gasteiger partial charge in [0.25, 0.3) is 0 Å². The van der Waals surface area contributed by atoms with Gasteiger partial charge in [0.05, 0.1) is 7.11 Å². The van der Waals surface area contributed by atoms with E-state index in [9.17, 15) is 4.79 Å². The lowest BCUT2D eigenvalue weighted by Gasteiger charge is -2.24. The lowest BCUT2D eigenvalue weighted by molar-refractivity contribution is -0.129. The number of rotatable bonds is 1. The molecule has 1 aromatic carbocycles. The van der Waals surface area contributed by atoms with Gasteiger partial charge in [0.1, 0.15) is 23.7 Å². The average molecular weight is 411 g/mol. The van der Waals surface area contributed by atoms with Gasteiger partial charge in [-0.3, -0.25) is 4.79 Å². The molecule has 0 radical (unpaired) electrons. The van der Waals surface area contributed by atoms with Crippen molar-refractivity contribution >= 4 is 23.2 Å². The molecule has 8 heteroatoms. The fourth-order valence-electron chi connectivity index (χ4n) is 4.29. The highest BCUT2D eigenvalue weighted by atomic mass is 16.5. The maximum atomic E-state index is 12.6. The van der Waals surface area contributed by atoms with Gasteiger partial charge in [-0.1, -0.05) is 0 Å². The number of methoxy groups -OCH3 is 1. The van der Waals surface area contributed by atoms with Gasteiger partial charge in [-0.2, -0.15) is 0 Å². The lowest BCUT2D eigenvalue weighted by Crippen LogP contribution is -2.32. The molecule has 2 N–H and O–H groups in total. The first kappa shape index (κ1) is 20.4. The van der Waals surface area contributed by atoms with Crippen LogP contribution in [0, 0.1) is 0 Å². The molecular weight excluding hydrogens is 380 g/mol. The van der Waals surface area contributed by atoms with E-state index in [1.807, 2.05) is 24.1 Å². The number of aryl methyl sites for hydroxylation is 1. The maximum Gasteiger partial charge on any atom is 0.222 e. The first-order valence-electron chi connectivity index (χ1n) is 10.5. The van der Waals surface area contributed by atoms with Crippen LogP contribution in [0.25, 0.3) is 0 Å². The monoisotopic (exact) mass is 410 g/mol. The Morgan fingerprint density at radius 3 is 2.80 bits per heavy atom. The van der Waals surface area contributed by atoms with E-state index in [0.717, 1.165) is 66.8 Å². The molecule has 4 rings (SSSR count). The van der Waals surface area contributed by atoms with Crippen molar-refractivity contribution in [2.45, 2.75) is 25.2 Å². The average Bonchev–Trinajstić information content (AvgIpc) is 3.15. The molecule has 0 saturated carbocycles. The number of nitrogens with zero attached hydrogens (tertiary/aromatic N) is 4. The van der Waals surface area contributed by atoms with Crippen molar-refractivity contribution in [1.29, 1.82) is 0 Å². The van der Waals surface area contributed by atoms with Gasteiger partial charge in [0, 0.05) is 50.3 Å². The van der Waals surface area contributed by atoms with Crippen LogP contribution in [0.3, 0.4) is 0 Å². The molecule has 0 aliphatic carbocycles. The first-order chi connectivity index (χ1) is 14.5. The Morgan fingerprint density at radius 1 is 1.13 bits per heavy atom. The van der Waals surface area contributed by atoms with Crippen molar-refractivity contribution in [2.75, 3.05) is 58.0 Å². The number of fused-ring (bicyclic) bond motifs is 2. The van der Waals surface area contributed by atoms with Crippen LogP contribution in [0.2, 0.25) is 0 Å². The molecule has 2 aliphatic rings. The number of nitrogens with one attached hydrogen (secondary N) is 2. The van der Waals surface area contributed by atoms with Crippen LogP contribution in [0.4, 0.5) is 17.3 Å². The molecule has 1 aromatic heterocycles. The van der Waals surface area contributed by atoms with E-state index in [0.29, 0.717) is 18.8 Å². The normalized spacial score (nSPS) is 20.3. The molecule has 2 aromatic rings. The van der Waals surface area contributed by atoms with Crippen molar-refractivity contribution in [2.24, 2.45) is 0 Å². The molecule has 2 aliphatic heterocycles. The Kier molecular flexibility index (Phi) is 6.03. The summed E-state index contributed by atoms with van der Waals surface area (Å²) in [5, 5.41) is 6.90. The predicted molar refractivity (Wildman–Crippen MR) is 118 cm³/mol. The van der Waals surface area contributed by atoms with Crippen LogP contribution in [-0.4, -0.2) is 73.1 Å². The van der Waals surface area contributed by atoms with Crippen LogP contribution < -0.4 is 15.4 Å². The molecular formula is C22H30N6O2. The number of carbonyl (C=O) groups excluding carboxylic acids is 1. The number of benzene rings is 1. The molecule has 1 atom stereocenters. The third-order valence-corrected chi connectivity index (χ3v) is 5.95. The summed E-state index contributed by atoms with van der Waals surface area (Å²) >= 11 is 0. The topological polar surface area (TPSA) is 82.6 Å². The van der Waals surface area contributed by atoms with Crippen LogP contribution in [-0.2, 0) is 11.2 Å². The number of hydrogen-bond acceptors (Lipinski definition) is 7. The number of amides is 1. The van der Waals surface area contributed by atoms with E-state index in [4.69, 9.17) is 4.74 Å². The zero-order chi connectivity index (χ0) is 21.1. The predicted octanol–water partition coefficient (Wildman–Crippen LogP) is 2.46. The number of ether oxygens (including phenoxy) is 1. The SMILES string of the molecule is COc1ccc2cc1CCC(=O)N(C)CCCN(C)CC1CNc3ncnc(c31)N2. The molecule has 30 heavy (non-hydrogen) atoms. The molecule has 8 nitrogen and oxygen atoms in total. The van der Waals surface area contributed by atoms with E-state index < -0.39 is 0 Å². The summed E-state index contributed by atoms with van der Waals surface area (Å²) in [6.45, 7) is 3.45. The zero-order valence-corrected chi connectivity index (χ0v) is 17.9. The zero-order valence-electron chi connectivity index (χ0n) is 17.9. The Balaban J connectivity index is 1.69. The van der Waals surface area contributed by atoms with Crippen molar-refractivity contribution in [1.82, 2.24) is 19.8 Å². The summed E-state index contributed by atoms with van der Waals surface area (Å²) < 4.78 is 5.53. The van der Waals surface area contributed by atoms with Crippen molar-refractivity contribution in [3.8, 4) is 5.75 Å². The molecule has 2 bridgehead atoms. The van der Waals surface area contributed by atoms with Crippen LogP contribution >= 0.6 is 0 Å². The van der Waals surface area contributed by atoms with Crippen LogP contribution in [0.5, 0.6) is 5.75 Å². The highest BCUT2D eigenvalue weighted by Crippen LogP contribution is 2.36. The third-order valence-electron chi connectivity index (χ3n) is 5.95. The maximum absolute atomic E-state index is 12.6. The second-order valence-electron chi connectivity index (χ2n) is 8.15. The van der Waals surface area contributed by atoms with Gasteiger partial charge in [-0.05, 0) is 50.2 Å². The summed E-state index contributed by atoms with van der Waals surface area (Å²) in [7, 11) is 5.69. The lowest BCUT2D eigenvalue weighted by atomic mass is 10.0. The van der Waals surface area contributed by atoms with E-state index in [-0.39, 0.29) is 5.91 Å². The summed E-state index contributed by atoms with van der Waals surface area (Å²) in [5.41, 5.74) is 3.08. The van der Waals surface area contributed by atoms with Crippen molar-refractivity contribution < 1.29 is 9.53 Å². The second kappa shape index (κ2) is 8.87. The van der Waals surface area contributed by atoms with Gasteiger partial charge in [-0.25, -0.2) is 9.97 Å². The number of likely N-dealkylation sites (N-methyl/N-ethyl adjacent to an activating group) is 1. The van der Waals surface area contributed by atoms with Crippen molar-refractivity contribution in [3.05, 3.63) is 35.7 Å². The number of hydrogen-bond donors (Lipinski definition) is 2. The first-order valence-corrected chi connectivity index (χ1v) is 10.5. The second-order valence-corrected chi connectivity index (χ2v) is 8.15. The van der Waals surface area contributed by atoms with Gasteiger partial charge >= 0.3 is 0 Å². The largest absolute Gasteiger partial charge is 0.496 e. The molecule has 160 valence electrons. The van der Waals surface area contributed by atoms with E-state index >= 15 is 0 Å². The summed E-state index contributed by atoms with van der Waals surface area (Å²) in [4.78, 5) is 25.7. The molecule has 3 heterocycles. The van der Waals surface area contributed by atoms with Crippen LogP contribution in [0.15, 0.2) is 24.5 Å². The van der Waals surface area contributed by atoms with E-state index in [1.165, 1.54) is 0 Å². The summed E-state index contributed by atoms with van der Waals surface area (Å²) in [6, 6.07) is 5.98. The van der Waals surface area contributed by atoms with E-state index in [1.54, 1.807) is 13.4 Å². The molecule has 1 unspecified atom stereocenters. The highest BCUT2D eigenvalue weighted by molar-refractivity contribution is 5.76. The highest BCUT2D eigenvalue weighted by Gasteiger charge is 2.28. The molecule has 0 fully saturated rings. The fourth-order valence-corrected chi connectivity index (χ4v) is 4.29. The third kappa shape index (κ3) is 4.33. The van der Waals surface area contributed by atoms with Crippen LogP contribution in [0.1, 0.15) is 29.9 Å². The Morgan fingerprint density at radius 2 is 1.97 bits per heavy atom. The quantitative estimate of drug-likeness (QED) is 0.747. The summed E-state index contributed by atoms with van der Waals surface area (Å²) in [5.74, 6) is 3.01. The number of carbonyl (C=O) groups is 1. The minimum atomic E-state index is 0.160. The van der Waals surface area contributed by atoms with Gasteiger partial charge in [-0.15, -0.1) is 0 Å². The molecule has 0 spiro atoms. The minimum absolute atomic E-state index is 0.160. The summed E-state index contributed by atoms with van der Waals surface area (Å²) in [6.07, 6.45) is 3.63. The molecule has 1 amide bonds. The Bertz CT molecular complexity index is 918. The fraction of sp³-hybridized carbons (Fsp3) is 0.500.